The maximum absolute atomic E-state index is 6.13. The van der Waals surface area contributed by atoms with E-state index in [1.165, 1.54) is 0 Å². The van der Waals surface area contributed by atoms with Crippen LogP contribution in [0, 0.1) is 0 Å². The summed E-state index contributed by atoms with van der Waals surface area (Å²) in [5, 5.41) is 4.19. The normalized spacial score (nSPS) is 11.6. The van der Waals surface area contributed by atoms with Crippen LogP contribution in [0.4, 0.5) is 0 Å². The van der Waals surface area contributed by atoms with Gasteiger partial charge in [-0.2, -0.15) is 0 Å². The predicted octanol–water partition coefficient (Wildman–Crippen LogP) is 12.4. The SMILES string of the molecule is c1ccc(-c2nc(-c3cccc(-c4cccc(-c5ccc(-c6ccc7c(ccc8oc9nc%10cccnc%10nc9c87)c6)cc5)c4)c3)nc3ccccc23)cc1. The Kier molecular flexibility index (Phi) is 7.07. The smallest absolute Gasteiger partial charge is 0.247 e. The lowest BCUT2D eigenvalue weighted by atomic mass is 9.95. The van der Waals surface area contributed by atoms with Gasteiger partial charge in [0, 0.05) is 22.7 Å². The molecule has 0 N–H and O–H groups in total. The van der Waals surface area contributed by atoms with Gasteiger partial charge in [0.2, 0.25) is 5.71 Å². The van der Waals surface area contributed by atoms with Gasteiger partial charge < -0.3 is 4.42 Å². The van der Waals surface area contributed by atoms with Crippen molar-refractivity contribution in [2.75, 3.05) is 0 Å². The number of pyridine rings is 1. The average Bonchev–Trinajstić information content (AvgIpc) is 3.63. The van der Waals surface area contributed by atoms with E-state index in [-0.39, 0.29) is 0 Å². The van der Waals surface area contributed by atoms with E-state index in [9.17, 15) is 0 Å². The molecule has 0 saturated carbocycles. The summed E-state index contributed by atoms with van der Waals surface area (Å²) in [7, 11) is 0. The second-order valence-corrected chi connectivity index (χ2v) is 13.7. The van der Waals surface area contributed by atoms with Crippen molar-refractivity contribution in [2.45, 2.75) is 0 Å². The molecule has 11 aromatic rings. The van der Waals surface area contributed by atoms with Gasteiger partial charge >= 0.3 is 0 Å². The predicted molar refractivity (Wildman–Crippen MR) is 222 cm³/mol. The molecular formula is C49H29N5O. The number of para-hydroxylation sites is 1. The van der Waals surface area contributed by atoms with Crippen molar-refractivity contribution in [2.24, 2.45) is 0 Å². The van der Waals surface area contributed by atoms with Crippen LogP contribution in [-0.4, -0.2) is 24.9 Å². The topological polar surface area (TPSA) is 77.6 Å². The van der Waals surface area contributed by atoms with Crippen molar-refractivity contribution in [3.8, 4) is 56.0 Å². The summed E-state index contributed by atoms with van der Waals surface area (Å²) in [4.78, 5) is 24.0. The summed E-state index contributed by atoms with van der Waals surface area (Å²) in [6.07, 6.45) is 1.74. The molecule has 0 saturated heterocycles. The molecule has 0 fully saturated rings. The Morgan fingerprint density at radius 2 is 1.05 bits per heavy atom. The molecule has 0 aliphatic rings. The van der Waals surface area contributed by atoms with Crippen molar-refractivity contribution in [3.05, 3.63) is 176 Å². The van der Waals surface area contributed by atoms with Gasteiger partial charge in [-0.3, -0.25) is 0 Å². The van der Waals surface area contributed by atoms with Crippen molar-refractivity contribution >= 4 is 55.0 Å². The van der Waals surface area contributed by atoms with Crippen LogP contribution < -0.4 is 0 Å². The summed E-state index contributed by atoms with van der Waals surface area (Å²) in [5.74, 6) is 0.710. The van der Waals surface area contributed by atoms with E-state index >= 15 is 0 Å². The highest BCUT2D eigenvalue weighted by Gasteiger charge is 2.16. The average molecular weight is 704 g/mol. The van der Waals surface area contributed by atoms with E-state index in [4.69, 9.17) is 19.4 Å². The number of furan rings is 1. The zero-order valence-corrected chi connectivity index (χ0v) is 29.4. The van der Waals surface area contributed by atoms with Crippen LogP contribution in [0.25, 0.3) is 111 Å². The maximum Gasteiger partial charge on any atom is 0.247 e. The summed E-state index contributed by atoms with van der Waals surface area (Å²) in [6.45, 7) is 0. The number of hydrogen-bond acceptors (Lipinski definition) is 6. The minimum Gasteiger partial charge on any atom is -0.436 e. The quantitative estimate of drug-likeness (QED) is 0.178. The Morgan fingerprint density at radius 3 is 1.87 bits per heavy atom. The lowest BCUT2D eigenvalue weighted by molar-refractivity contribution is 0.655. The van der Waals surface area contributed by atoms with Crippen LogP contribution in [0.3, 0.4) is 0 Å². The molecule has 4 aromatic heterocycles. The summed E-state index contributed by atoms with van der Waals surface area (Å²) >= 11 is 0. The minimum absolute atomic E-state index is 0.524. The molecule has 55 heavy (non-hydrogen) atoms. The molecule has 0 unspecified atom stereocenters. The molecule has 6 heteroatoms. The van der Waals surface area contributed by atoms with Crippen LogP contribution in [0.15, 0.2) is 180 Å². The van der Waals surface area contributed by atoms with Gasteiger partial charge in [0.05, 0.1) is 16.6 Å². The zero-order chi connectivity index (χ0) is 36.3. The Labute approximate surface area is 315 Å². The largest absolute Gasteiger partial charge is 0.436 e. The zero-order valence-electron chi connectivity index (χ0n) is 29.4. The molecule has 0 spiro atoms. The van der Waals surface area contributed by atoms with Crippen molar-refractivity contribution < 1.29 is 4.42 Å². The standard InChI is InChI=1S/C49H29N5O/c1-2-9-32(10-3-1)45-40-15-4-5-16-41(40)51-47(53-45)38-14-7-13-35(29-38)34-12-6-11-33(27-34)30-18-20-31(21-19-30)36-22-24-39-37(28-36)23-25-43-44(39)46-49(55-43)52-42-17-8-26-50-48(42)54-46/h1-29H. The number of benzene rings is 7. The van der Waals surface area contributed by atoms with Crippen LogP contribution in [-0.2, 0) is 0 Å². The highest BCUT2D eigenvalue weighted by molar-refractivity contribution is 6.18. The monoisotopic (exact) mass is 703 g/mol. The van der Waals surface area contributed by atoms with E-state index < -0.39 is 0 Å². The molecule has 256 valence electrons. The third-order valence-electron chi connectivity index (χ3n) is 10.4. The number of nitrogens with zero attached hydrogens (tertiary/aromatic N) is 5. The van der Waals surface area contributed by atoms with Crippen molar-refractivity contribution in [3.63, 3.8) is 0 Å². The molecule has 11 rings (SSSR count). The maximum atomic E-state index is 6.13. The summed E-state index contributed by atoms with van der Waals surface area (Å²) < 4.78 is 6.13. The molecule has 0 bridgehead atoms. The first-order chi connectivity index (χ1) is 27.2. The molecule has 0 radical (unpaired) electrons. The Bertz CT molecular complexity index is 3260. The molecule has 4 heterocycles. The third kappa shape index (κ3) is 5.39. The van der Waals surface area contributed by atoms with Gasteiger partial charge in [-0.1, -0.05) is 127 Å². The first kappa shape index (κ1) is 31.0. The van der Waals surface area contributed by atoms with Crippen LogP contribution in [0.5, 0.6) is 0 Å². The van der Waals surface area contributed by atoms with E-state index in [1.807, 2.05) is 48.5 Å². The number of fused-ring (bicyclic) bond motifs is 7. The molecule has 0 aliphatic heterocycles. The highest BCUT2D eigenvalue weighted by Crippen LogP contribution is 2.37. The van der Waals surface area contributed by atoms with E-state index in [0.29, 0.717) is 17.2 Å². The number of aromatic nitrogens is 5. The van der Waals surface area contributed by atoms with Gasteiger partial charge in [0.25, 0.3) is 0 Å². The first-order valence-electron chi connectivity index (χ1n) is 18.2. The first-order valence-corrected chi connectivity index (χ1v) is 18.2. The Hall–Kier alpha value is -7.57. The molecule has 6 nitrogen and oxygen atoms in total. The highest BCUT2D eigenvalue weighted by atomic mass is 16.3. The van der Waals surface area contributed by atoms with Crippen LogP contribution >= 0.6 is 0 Å². The summed E-state index contributed by atoms with van der Waals surface area (Å²) in [6, 6.07) is 59.0. The molecule has 7 aromatic carbocycles. The summed E-state index contributed by atoms with van der Waals surface area (Å²) in [5.41, 5.74) is 14.1. The second-order valence-electron chi connectivity index (χ2n) is 13.7. The van der Waals surface area contributed by atoms with Gasteiger partial charge in [-0.15, -0.1) is 0 Å². The third-order valence-corrected chi connectivity index (χ3v) is 10.4. The van der Waals surface area contributed by atoms with Gasteiger partial charge in [0.1, 0.15) is 16.6 Å². The Balaban J connectivity index is 0.906. The number of hydrogen-bond donors (Lipinski definition) is 0. The lowest BCUT2D eigenvalue weighted by Crippen LogP contribution is -1.95. The number of rotatable bonds is 5. The van der Waals surface area contributed by atoms with Crippen molar-refractivity contribution in [1.29, 1.82) is 0 Å². The van der Waals surface area contributed by atoms with Crippen LogP contribution in [0.2, 0.25) is 0 Å². The van der Waals surface area contributed by atoms with E-state index in [1.54, 1.807) is 6.20 Å². The molecule has 0 atom stereocenters. The Morgan fingerprint density at radius 1 is 0.400 bits per heavy atom. The van der Waals surface area contributed by atoms with Gasteiger partial charge in [0.15, 0.2) is 11.5 Å². The van der Waals surface area contributed by atoms with E-state index in [2.05, 4.69) is 131 Å². The van der Waals surface area contributed by atoms with Crippen LogP contribution in [0.1, 0.15) is 0 Å². The molecular weight excluding hydrogens is 675 g/mol. The minimum atomic E-state index is 0.524. The van der Waals surface area contributed by atoms with Crippen molar-refractivity contribution in [1.82, 2.24) is 24.9 Å². The fourth-order valence-electron chi connectivity index (χ4n) is 7.63. The fraction of sp³-hybridized carbons (Fsp3) is 0. The van der Waals surface area contributed by atoms with Gasteiger partial charge in [-0.05, 0) is 86.6 Å². The molecule has 0 aliphatic carbocycles. The second kappa shape index (κ2) is 12.5. The van der Waals surface area contributed by atoms with Gasteiger partial charge in [-0.25, -0.2) is 24.9 Å². The van der Waals surface area contributed by atoms with E-state index in [0.717, 1.165) is 93.9 Å². The molecule has 0 amide bonds. The fourth-order valence-corrected chi connectivity index (χ4v) is 7.63. The lowest BCUT2D eigenvalue weighted by Gasteiger charge is -2.11.